The van der Waals surface area contributed by atoms with Crippen molar-refractivity contribution in [2.45, 2.75) is 56.8 Å². The van der Waals surface area contributed by atoms with Crippen LogP contribution >= 0.6 is 0 Å². The molecule has 0 aliphatic carbocycles. The molecule has 0 aromatic carbocycles. The summed E-state index contributed by atoms with van der Waals surface area (Å²) in [5, 5.41) is 3.45. The van der Waals surface area contributed by atoms with E-state index in [1.54, 1.807) is 10.8 Å². The fraction of sp³-hybridized carbons (Fsp3) is 0.750. The smallest absolute Gasteiger partial charge is 0.259 e. The Bertz CT molecular complexity index is 506. The summed E-state index contributed by atoms with van der Waals surface area (Å²) in [6.07, 6.45) is 6.42. The fourth-order valence-electron chi connectivity index (χ4n) is 2.34. The van der Waals surface area contributed by atoms with Gasteiger partial charge in [0.15, 0.2) is 5.03 Å². The number of imidazole rings is 1. The van der Waals surface area contributed by atoms with Crippen LogP contribution in [0.5, 0.6) is 0 Å². The molecule has 0 radical (unpaired) electrons. The van der Waals surface area contributed by atoms with Crippen LogP contribution in [-0.4, -0.2) is 36.6 Å². The van der Waals surface area contributed by atoms with Crippen LogP contribution in [0.2, 0.25) is 0 Å². The molecule has 7 heteroatoms. The maximum Gasteiger partial charge on any atom is 0.259 e. The largest absolute Gasteiger partial charge is 0.336 e. The van der Waals surface area contributed by atoms with E-state index in [4.69, 9.17) is 0 Å². The van der Waals surface area contributed by atoms with Crippen LogP contribution in [0.15, 0.2) is 17.6 Å². The molecule has 2 heterocycles. The van der Waals surface area contributed by atoms with Gasteiger partial charge in [-0.05, 0) is 33.2 Å². The Balaban J connectivity index is 2.03. The van der Waals surface area contributed by atoms with Crippen LogP contribution in [0.1, 0.15) is 33.1 Å². The van der Waals surface area contributed by atoms with E-state index in [9.17, 15) is 8.42 Å². The summed E-state index contributed by atoms with van der Waals surface area (Å²) < 4.78 is 28.9. The number of aromatic nitrogens is 2. The summed E-state index contributed by atoms with van der Waals surface area (Å²) in [7, 11) is -3.52. The summed E-state index contributed by atoms with van der Waals surface area (Å²) in [6.45, 7) is 5.51. The average Bonchev–Trinajstić information content (AvgIpc) is 2.89. The first kappa shape index (κ1) is 14.5. The highest BCUT2D eigenvalue weighted by molar-refractivity contribution is 7.89. The van der Waals surface area contributed by atoms with E-state index >= 15 is 0 Å². The van der Waals surface area contributed by atoms with Crippen LogP contribution in [0, 0.1) is 0 Å². The van der Waals surface area contributed by atoms with Gasteiger partial charge in [0.1, 0.15) is 0 Å². The van der Waals surface area contributed by atoms with E-state index in [0.29, 0.717) is 6.54 Å². The molecule has 1 aliphatic heterocycles. The second kappa shape index (κ2) is 6.02. The van der Waals surface area contributed by atoms with Crippen molar-refractivity contribution in [3.05, 3.63) is 12.5 Å². The lowest BCUT2D eigenvalue weighted by Gasteiger charge is -2.29. The minimum absolute atomic E-state index is 0.0945. The minimum Gasteiger partial charge on any atom is -0.336 e. The fourth-order valence-corrected chi connectivity index (χ4v) is 3.58. The molecule has 1 fully saturated rings. The molecule has 0 bridgehead atoms. The van der Waals surface area contributed by atoms with Crippen molar-refractivity contribution in [1.29, 1.82) is 0 Å². The third-order valence-electron chi connectivity index (χ3n) is 3.54. The molecule has 0 spiro atoms. The second-order valence-corrected chi connectivity index (χ2v) is 6.67. The van der Waals surface area contributed by atoms with Gasteiger partial charge >= 0.3 is 0 Å². The Hall–Kier alpha value is -0.920. The van der Waals surface area contributed by atoms with Crippen molar-refractivity contribution in [3.8, 4) is 0 Å². The molecule has 1 saturated heterocycles. The third-order valence-corrected chi connectivity index (χ3v) is 4.99. The third kappa shape index (κ3) is 3.55. The maximum absolute atomic E-state index is 12.2. The predicted molar refractivity (Wildman–Crippen MR) is 73.3 cm³/mol. The van der Waals surface area contributed by atoms with Crippen molar-refractivity contribution >= 4 is 10.0 Å². The molecule has 108 valence electrons. The lowest BCUT2D eigenvalue weighted by atomic mass is 10.00. The van der Waals surface area contributed by atoms with Gasteiger partial charge in [-0.3, -0.25) is 0 Å². The van der Waals surface area contributed by atoms with Gasteiger partial charge in [0.2, 0.25) is 0 Å². The molecule has 2 unspecified atom stereocenters. The summed E-state index contributed by atoms with van der Waals surface area (Å²) in [5.41, 5.74) is 0. The maximum atomic E-state index is 12.2. The molecule has 2 N–H and O–H groups in total. The monoisotopic (exact) mass is 286 g/mol. The van der Waals surface area contributed by atoms with E-state index < -0.39 is 10.0 Å². The number of hydrogen-bond acceptors (Lipinski definition) is 4. The highest BCUT2D eigenvalue weighted by atomic mass is 32.2. The van der Waals surface area contributed by atoms with Crippen molar-refractivity contribution in [3.63, 3.8) is 0 Å². The van der Waals surface area contributed by atoms with E-state index in [-0.39, 0.29) is 17.1 Å². The molecule has 1 aromatic heterocycles. The Morgan fingerprint density at radius 2 is 2.37 bits per heavy atom. The zero-order valence-corrected chi connectivity index (χ0v) is 12.3. The summed E-state index contributed by atoms with van der Waals surface area (Å²) >= 11 is 0. The lowest BCUT2D eigenvalue weighted by molar-refractivity contribution is 0.347. The van der Waals surface area contributed by atoms with Gasteiger partial charge < -0.3 is 9.88 Å². The summed E-state index contributed by atoms with van der Waals surface area (Å²) in [4.78, 5) is 3.95. The molecule has 1 aromatic rings. The molecule has 2 rings (SSSR count). The molecule has 0 saturated carbocycles. The van der Waals surface area contributed by atoms with E-state index in [1.165, 1.54) is 6.33 Å². The number of rotatable bonds is 5. The number of aryl methyl sites for hydroxylation is 1. The molecule has 2 atom stereocenters. The van der Waals surface area contributed by atoms with Crippen molar-refractivity contribution in [1.82, 2.24) is 19.6 Å². The quantitative estimate of drug-likeness (QED) is 0.836. The van der Waals surface area contributed by atoms with Crippen molar-refractivity contribution in [2.24, 2.45) is 0 Å². The Morgan fingerprint density at radius 1 is 1.58 bits per heavy atom. The SMILES string of the molecule is CCn1cnc(S(=O)(=O)NC(C)C2CCCCN2)c1. The topological polar surface area (TPSA) is 76.0 Å². The zero-order chi connectivity index (χ0) is 13.9. The number of piperidine rings is 1. The van der Waals surface area contributed by atoms with Gasteiger partial charge in [0.25, 0.3) is 10.0 Å². The Kier molecular flexibility index (Phi) is 4.59. The average molecular weight is 286 g/mol. The van der Waals surface area contributed by atoms with Gasteiger partial charge in [0.05, 0.1) is 6.33 Å². The zero-order valence-electron chi connectivity index (χ0n) is 11.5. The van der Waals surface area contributed by atoms with Crippen LogP contribution in [0.4, 0.5) is 0 Å². The first-order valence-corrected chi connectivity index (χ1v) is 8.28. The van der Waals surface area contributed by atoms with Crippen molar-refractivity contribution < 1.29 is 8.42 Å². The molecule has 0 amide bonds. The summed E-state index contributed by atoms with van der Waals surface area (Å²) in [6, 6.07) is 0.0777. The van der Waals surface area contributed by atoms with Crippen LogP contribution in [0.25, 0.3) is 0 Å². The van der Waals surface area contributed by atoms with Crippen molar-refractivity contribution in [2.75, 3.05) is 6.54 Å². The number of nitrogens with one attached hydrogen (secondary N) is 2. The molecule has 1 aliphatic rings. The van der Waals surface area contributed by atoms with Crippen LogP contribution in [0.3, 0.4) is 0 Å². The van der Waals surface area contributed by atoms with E-state index in [2.05, 4.69) is 15.0 Å². The molecule has 19 heavy (non-hydrogen) atoms. The number of hydrogen-bond donors (Lipinski definition) is 2. The second-order valence-electron chi connectivity index (χ2n) is 5.01. The van der Waals surface area contributed by atoms with E-state index in [0.717, 1.165) is 25.8 Å². The highest BCUT2D eigenvalue weighted by Gasteiger charge is 2.26. The normalized spacial score (nSPS) is 22.3. The standard InChI is InChI=1S/C12H22N4O2S/c1-3-16-8-12(14-9-16)19(17,18)15-10(2)11-6-4-5-7-13-11/h8-11,13,15H,3-7H2,1-2H3. The molecule has 6 nitrogen and oxygen atoms in total. The number of sulfonamides is 1. The first-order valence-electron chi connectivity index (χ1n) is 6.80. The molecular formula is C12H22N4O2S. The van der Waals surface area contributed by atoms with Gasteiger partial charge in [-0.15, -0.1) is 0 Å². The van der Waals surface area contributed by atoms with Gasteiger partial charge in [-0.1, -0.05) is 6.42 Å². The molecular weight excluding hydrogens is 264 g/mol. The first-order chi connectivity index (χ1) is 9.03. The predicted octanol–water partition coefficient (Wildman–Crippen LogP) is 0.712. The number of nitrogens with zero attached hydrogens (tertiary/aromatic N) is 2. The van der Waals surface area contributed by atoms with Crippen LogP contribution in [-0.2, 0) is 16.6 Å². The van der Waals surface area contributed by atoms with Gasteiger partial charge in [-0.2, -0.15) is 0 Å². The van der Waals surface area contributed by atoms with E-state index in [1.807, 2.05) is 13.8 Å². The Morgan fingerprint density at radius 3 is 2.95 bits per heavy atom. The minimum atomic E-state index is -3.52. The highest BCUT2D eigenvalue weighted by Crippen LogP contribution is 2.13. The van der Waals surface area contributed by atoms with Gasteiger partial charge in [0, 0.05) is 24.8 Å². The summed E-state index contributed by atoms with van der Waals surface area (Å²) in [5.74, 6) is 0. The van der Waals surface area contributed by atoms with Gasteiger partial charge in [-0.25, -0.2) is 18.1 Å². The lowest BCUT2D eigenvalue weighted by Crippen LogP contribution is -2.50. The Labute approximate surface area is 114 Å². The van der Waals surface area contributed by atoms with Crippen LogP contribution < -0.4 is 10.0 Å².